The molecule has 2 fully saturated rings. The molecule has 168 valence electrons. The number of nitrogens with one attached hydrogen (secondary N) is 1. The third-order valence-corrected chi connectivity index (χ3v) is 6.53. The van der Waals surface area contributed by atoms with Crippen molar-refractivity contribution in [1.82, 2.24) is 14.3 Å². The molecular formula is C24H22N4O4S. The maximum Gasteiger partial charge on any atom is 0.293 e. The van der Waals surface area contributed by atoms with E-state index in [0.29, 0.717) is 18.0 Å². The monoisotopic (exact) mass is 462 g/mol. The van der Waals surface area contributed by atoms with Gasteiger partial charge >= 0.3 is 0 Å². The zero-order valence-electron chi connectivity index (χ0n) is 17.8. The Balaban J connectivity index is 1.49. The number of thioether (sulfide) groups is 1. The van der Waals surface area contributed by atoms with Gasteiger partial charge in [0.25, 0.3) is 16.7 Å². The largest absolute Gasteiger partial charge is 0.376 e. The minimum absolute atomic E-state index is 0.0481. The van der Waals surface area contributed by atoms with E-state index in [1.165, 1.54) is 15.4 Å². The number of hydrogen-bond acceptors (Lipinski definition) is 7. The molecule has 0 spiro atoms. The van der Waals surface area contributed by atoms with Crippen molar-refractivity contribution in [2.45, 2.75) is 25.5 Å². The van der Waals surface area contributed by atoms with Crippen LogP contribution in [0, 0.1) is 0 Å². The average molecular weight is 463 g/mol. The Morgan fingerprint density at radius 2 is 1.94 bits per heavy atom. The van der Waals surface area contributed by atoms with E-state index in [4.69, 9.17) is 4.74 Å². The molecule has 8 nitrogen and oxygen atoms in total. The summed E-state index contributed by atoms with van der Waals surface area (Å²) >= 11 is 0.832. The molecule has 2 aromatic heterocycles. The second kappa shape index (κ2) is 9.21. The Morgan fingerprint density at radius 1 is 1.12 bits per heavy atom. The number of pyridine rings is 1. The lowest BCUT2D eigenvalue weighted by Gasteiger charge is -2.14. The molecule has 4 heterocycles. The number of benzene rings is 1. The van der Waals surface area contributed by atoms with Gasteiger partial charge in [-0.1, -0.05) is 36.4 Å². The first-order valence-corrected chi connectivity index (χ1v) is 11.6. The molecule has 1 N–H and O–H groups in total. The maximum absolute atomic E-state index is 13.3. The average Bonchev–Trinajstić information content (AvgIpc) is 3.44. The van der Waals surface area contributed by atoms with E-state index < -0.39 is 5.91 Å². The Morgan fingerprint density at radius 3 is 2.73 bits per heavy atom. The number of nitrogens with zero attached hydrogens (tertiary/aromatic N) is 3. The molecule has 9 heteroatoms. The number of ether oxygens (including phenoxy) is 1. The zero-order valence-corrected chi connectivity index (χ0v) is 18.6. The summed E-state index contributed by atoms with van der Waals surface area (Å²) in [5.74, 6) is -0.0481. The van der Waals surface area contributed by atoms with Gasteiger partial charge < -0.3 is 10.1 Å². The molecule has 0 radical (unpaired) electrons. The van der Waals surface area contributed by atoms with Gasteiger partial charge in [-0.05, 0) is 48.4 Å². The van der Waals surface area contributed by atoms with Crippen LogP contribution in [-0.4, -0.2) is 44.7 Å². The molecular weight excluding hydrogens is 440 g/mol. The van der Waals surface area contributed by atoms with Crippen LogP contribution in [0.2, 0.25) is 0 Å². The van der Waals surface area contributed by atoms with E-state index in [1.54, 1.807) is 24.4 Å². The van der Waals surface area contributed by atoms with Crippen LogP contribution in [0.4, 0.5) is 10.6 Å². The number of carbonyl (C=O) groups excluding carboxylic acids is 2. The first-order chi connectivity index (χ1) is 16.1. The van der Waals surface area contributed by atoms with Gasteiger partial charge in [0.2, 0.25) is 0 Å². The molecule has 1 aromatic carbocycles. The third kappa shape index (κ3) is 4.42. The van der Waals surface area contributed by atoms with E-state index in [9.17, 15) is 14.4 Å². The molecule has 2 aliphatic heterocycles. The summed E-state index contributed by atoms with van der Waals surface area (Å²) in [6, 6.07) is 14.6. The van der Waals surface area contributed by atoms with E-state index in [-0.39, 0.29) is 33.9 Å². The lowest BCUT2D eigenvalue weighted by Crippen LogP contribution is -2.27. The van der Waals surface area contributed by atoms with Crippen molar-refractivity contribution in [3.8, 4) is 0 Å². The predicted octanol–water partition coefficient (Wildman–Crippen LogP) is 3.52. The topological polar surface area (TPSA) is 93.0 Å². The summed E-state index contributed by atoms with van der Waals surface area (Å²) < 4.78 is 7.10. The molecule has 3 aromatic rings. The van der Waals surface area contributed by atoms with Gasteiger partial charge in [-0.3, -0.25) is 23.7 Å². The number of anilines is 1. The second-order valence-electron chi connectivity index (χ2n) is 7.88. The summed E-state index contributed by atoms with van der Waals surface area (Å²) in [7, 11) is 0. The summed E-state index contributed by atoms with van der Waals surface area (Å²) in [5, 5.41) is 2.86. The van der Waals surface area contributed by atoms with Gasteiger partial charge in [-0.25, -0.2) is 4.98 Å². The Labute approximate surface area is 194 Å². The first kappa shape index (κ1) is 21.4. The van der Waals surface area contributed by atoms with Crippen molar-refractivity contribution < 1.29 is 14.3 Å². The van der Waals surface area contributed by atoms with Crippen molar-refractivity contribution in [2.75, 3.05) is 18.5 Å². The molecule has 5 rings (SSSR count). The molecule has 0 aliphatic carbocycles. The smallest absolute Gasteiger partial charge is 0.293 e. The highest BCUT2D eigenvalue weighted by Crippen LogP contribution is 2.33. The lowest BCUT2D eigenvalue weighted by atomic mass is 10.2. The number of carbonyl (C=O) groups is 2. The maximum atomic E-state index is 13.3. The fraction of sp³-hybridized carbons (Fsp3) is 0.250. The number of amides is 2. The summed E-state index contributed by atoms with van der Waals surface area (Å²) in [4.78, 5) is 44.9. The van der Waals surface area contributed by atoms with Gasteiger partial charge in [0.15, 0.2) is 0 Å². The number of hydrogen-bond donors (Lipinski definition) is 1. The molecule has 1 unspecified atom stereocenters. The molecule has 2 amide bonds. The van der Waals surface area contributed by atoms with Crippen LogP contribution in [-0.2, 0) is 16.1 Å². The summed E-state index contributed by atoms with van der Waals surface area (Å²) in [6.07, 6.45) is 5.09. The number of aromatic nitrogens is 2. The zero-order chi connectivity index (χ0) is 22.8. The molecule has 0 saturated carbocycles. The Hall–Kier alpha value is -3.43. The second-order valence-corrected chi connectivity index (χ2v) is 8.87. The quantitative estimate of drug-likeness (QED) is 0.560. The molecule has 0 bridgehead atoms. The normalized spacial score (nSPS) is 19.7. The van der Waals surface area contributed by atoms with Crippen LogP contribution in [0.25, 0.3) is 11.7 Å². The highest BCUT2D eigenvalue weighted by atomic mass is 32.2. The summed E-state index contributed by atoms with van der Waals surface area (Å²) in [5.41, 5.74) is 1.27. The fourth-order valence-corrected chi connectivity index (χ4v) is 4.74. The van der Waals surface area contributed by atoms with Crippen LogP contribution in [0.1, 0.15) is 24.0 Å². The number of fused-ring (bicyclic) bond motifs is 1. The first-order valence-electron chi connectivity index (χ1n) is 10.8. The van der Waals surface area contributed by atoms with E-state index in [0.717, 1.165) is 36.8 Å². The van der Waals surface area contributed by atoms with Gasteiger partial charge in [0.05, 0.1) is 23.1 Å². The van der Waals surface area contributed by atoms with E-state index in [1.807, 2.05) is 30.3 Å². The van der Waals surface area contributed by atoms with Crippen LogP contribution < -0.4 is 10.9 Å². The molecule has 33 heavy (non-hydrogen) atoms. The highest BCUT2D eigenvalue weighted by Gasteiger charge is 2.35. The van der Waals surface area contributed by atoms with Crippen molar-refractivity contribution in [3.05, 3.63) is 81.1 Å². The van der Waals surface area contributed by atoms with Crippen LogP contribution >= 0.6 is 11.8 Å². The molecule has 2 aliphatic rings. The summed E-state index contributed by atoms with van der Waals surface area (Å²) in [6.45, 7) is 1.41. The van der Waals surface area contributed by atoms with Gasteiger partial charge in [0.1, 0.15) is 11.5 Å². The minimum Gasteiger partial charge on any atom is -0.376 e. The number of imide groups is 1. The van der Waals surface area contributed by atoms with E-state index >= 15 is 0 Å². The lowest BCUT2D eigenvalue weighted by molar-refractivity contribution is -0.123. The van der Waals surface area contributed by atoms with Crippen LogP contribution in [0.15, 0.2) is 64.4 Å². The third-order valence-electron chi connectivity index (χ3n) is 5.62. The van der Waals surface area contributed by atoms with Gasteiger partial charge in [-0.2, -0.15) is 0 Å². The van der Waals surface area contributed by atoms with Crippen LogP contribution in [0.3, 0.4) is 0 Å². The standard InChI is InChI=1S/C24H22N4O4S/c29-22-18(13-19-23(30)28(24(31)33-19)15-16-7-2-1-3-8-16)21(25-14-17-9-6-12-32-17)26-20-10-4-5-11-27(20)22/h1-5,7-8,10-11,13,17,25H,6,9,12,14-15H2. The number of rotatable bonds is 6. The van der Waals surface area contributed by atoms with Gasteiger partial charge in [0, 0.05) is 19.3 Å². The van der Waals surface area contributed by atoms with Crippen molar-refractivity contribution >= 4 is 40.4 Å². The minimum atomic E-state index is -0.420. The fourth-order valence-electron chi connectivity index (χ4n) is 3.92. The Bertz CT molecular complexity index is 1300. The van der Waals surface area contributed by atoms with Crippen molar-refractivity contribution in [2.24, 2.45) is 0 Å². The van der Waals surface area contributed by atoms with Crippen molar-refractivity contribution in [3.63, 3.8) is 0 Å². The highest BCUT2D eigenvalue weighted by molar-refractivity contribution is 8.18. The van der Waals surface area contributed by atoms with Gasteiger partial charge in [-0.15, -0.1) is 0 Å². The predicted molar refractivity (Wildman–Crippen MR) is 127 cm³/mol. The Kier molecular flexibility index (Phi) is 5.97. The molecule has 2 saturated heterocycles. The molecule has 1 atom stereocenters. The van der Waals surface area contributed by atoms with Crippen LogP contribution in [0.5, 0.6) is 0 Å². The SMILES string of the molecule is O=C1SC(=Cc2c(NCC3CCCO3)nc3ccccn3c2=O)C(=O)N1Cc1ccccc1. The van der Waals surface area contributed by atoms with E-state index in [2.05, 4.69) is 10.3 Å². The van der Waals surface area contributed by atoms with Crippen molar-refractivity contribution in [1.29, 1.82) is 0 Å².